The van der Waals surface area contributed by atoms with Gasteiger partial charge in [-0.3, -0.25) is 4.79 Å². The van der Waals surface area contributed by atoms with Gasteiger partial charge in [0.2, 0.25) is 5.91 Å². The number of nitrogens with zero attached hydrogens (tertiary/aromatic N) is 1. The Morgan fingerprint density at radius 2 is 1.75 bits per heavy atom. The molecule has 2 atom stereocenters. The van der Waals surface area contributed by atoms with Crippen LogP contribution in [0.3, 0.4) is 0 Å². The Morgan fingerprint density at radius 1 is 0.979 bits per heavy atom. The first kappa shape index (κ1) is 32.7. The van der Waals surface area contributed by atoms with E-state index in [-0.39, 0.29) is 47.3 Å². The van der Waals surface area contributed by atoms with Crippen LogP contribution in [-0.4, -0.2) is 50.4 Å². The molecule has 3 aromatic rings. The summed E-state index contributed by atoms with van der Waals surface area (Å²) < 4.78 is 69.5. The molecule has 2 fully saturated rings. The van der Waals surface area contributed by atoms with Crippen molar-refractivity contribution in [3.8, 4) is 5.75 Å². The minimum Gasteiger partial charge on any atom is -0.484 e. The minimum atomic E-state index is -0.903. The van der Waals surface area contributed by atoms with Crippen molar-refractivity contribution in [2.45, 2.75) is 81.8 Å². The molecule has 4 aliphatic rings. The molecule has 0 radical (unpaired) electrons. The molecule has 48 heavy (non-hydrogen) atoms. The predicted octanol–water partition coefficient (Wildman–Crippen LogP) is 7.40. The maximum Gasteiger partial charge on any atom is 0.220 e. The molecule has 0 bridgehead atoms. The van der Waals surface area contributed by atoms with Crippen molar-refractivity contribution in [1.29, 1.82) is 0 Å². The summed E-state index contributed by atoms with van der Waals surface area (Å²) in [5.41, 5.74) is 2.98. The number of hydrogen-bond donors (Lipinski definition) is 2. The number of carbonyl (C=O) groups excluding carboxylic acids is 1. The minimum absolute atomic E-state index is 0.104. The molecule has 1 amide bonds. The van der Waals surface area contributed by atoms with E-state index in [1.54, 1.807) is 18.2 Å². The monoisotopic (exact) mass is 665 g/mol. The second-order valence-corrected chi connectivity index (χ2v) is 14.7. The normalized spacial score (nSPS) is 22.0. The fourth-order valence-corrected chi connectivity index (χ4v) is 8.38. The van der Waals surface area contributed by atoms with Gasteiger partial charge in [0.05, 0.1) is 17.9 Å². The molecule has 3 aliphatic heterocycles. The molecule has 6 nitrogen and oxygen atoms in total. The van der Waals surface area contributed by atoms with E-state index >= 15 is 4.39 Å². The van der Waals surface area contributed by atoms with Crippen molar-refractivity contribution >= 4 is 17.3 Å². The van der Waals surface area contributed by atoms with Crippen LogP contribution in [0.1, 0.15) is 75.0 Å². The van der Waals surface area contributed by atoms with E-state index in [1.807, 2.05) is 24.8 Å². The molecule has 3 aromatic carbocycles. The van der Waals surface area contributed by atoms with Crippen LogP contribution < -0.4 is 20.3 Å². The zero-order valence-corrected chi connectivity index (χ0v) is 27.5. The van der Waals surface area contributed by atoms with Crippen molar-refractivity contribution in [3.63, 3.8) is 0 Å². The number of halogens is 4. The van der Waals surface area contributed by atoms with Crippen LogP contribution in [0.4, 0.5) is 28.9 Å². The fraction of sp³-hybridized carbons (Fsp3) is 0.500. The highest BCUT2D eigenvalue weighted by molar-refractivity contribution is 5.78. The summed E-state index contributed by atoms with van der Waals surface area (Å²) in [6, 6.07) is 11.8. The molecule has 2 N–H and O–H groups in total. The molecule has 3 heterocycles. The van der Waals surface area contributed by atoms with Crippen molar-refractivity contribution in [3.05, 3.63) is 88.5 Å². The summed E-state index contributed by atoms with van der Waals surface area (Å²) in [5, 5.41) is 6.50. The molecule has 10 heteroatoms. The van der Waals surface area contributed by atoms with Gasteiger partial charge in [-0.25, -0.2) is 17.6 Å². The number of amides is 1. The third kappa shape index (κ3) is 6.60. The molecule has 7 rings (SSSR count). The lowest BCUT2D eigenvalue weighted by Crippen LogP contribution is -2.44. The average molecular weight is 666 g/mol. The van der Waals surface area contributed by atoms with Crippen molar-refractivity contribution in [1.82, 2.24) is 5.32 Å². The summed E-state index contributed by atoms with van der Waals surface area (Å²) in [6.45, 7) is 6.91. The third-order valence-corrected chi connectivity index (χ3v) is 10.9. The van der Waals surface area contributed by atoms with E-state index in [9.17, 15) is 18.0 Å². The number of hydrogen-bond acceptors (Lipinski definition) is 5. The second kappa shape index (κ2) is 12.9. The van der Waals surface area contributed by atoms with Crippen LogP contribution in [0.15, 0.2) is 48.5 Å². The number of nitrogens with one attached hydrogen (secondary N) is 2. The molecule has 1 aliphatic carbocycles. The first-order valence-corrected chi connectivity index (χ1v) is 17.1. The highest BCUT2D eigenvalue weighted by Crippen LogP contribution is 2.53. The predicted molar refractivity (Wildman–Crippen MR) is 177 cm³/mol. The number of carbonyl (C=O) groups is 1. The quantitative estimate of drug-likeness (QED) is 0.258. The molecule has 0 aromatic heterocycles. The zero-order valence-electron chi connectivity index (χ0n) is 27.5. The number of ether oxygens (including phenoxy) is 2. The Hall–Kier alpha value is -3.79. The van der Waals surface area contributed by atoms with Gasteiger partial charge < -0.3 is 25.0 Å². The van der Waals surface area contributed by atoms with Crippen LogP contribution in [0.25, 0.3) is 0 Å². The lowest BCUT2D eigenvalue weighted by atomic mass is 9.73. The number of fused-ring (bicyclic) bond motifs is 3. The standard InChI is InChI=1S/C38H43F4N3O3/c1-37(2)22-43-33-19-31(42)34(20-35(33)48-37)45-11-9-38(10-12-45)21-25(27-5-4-26(39)18-28(27)38)17-36(46)44-32(24-7-13-47-14-8-24)16-23-3-6-29(40)30(41)15-23/h3-6,15,18-20,24-25,32,43H,7-14,16-17,21-22H2,1-2H3,(H,44,46)/t25-,32-/m1/s1. The van der Waals surface area contributed by atoms with E-state index < -0.39 is 17.2 Å². The summed E-state index contributed by atoms with van der Waals surface area (Å²) in [5.74, 6) is -1.86. The maximum absolute atomic E-state index is 15.4. The topological polar surface area (TPSA) is 62.8 Å². The van der Waals surface area contributed by atoms with E-state index in [0.29, 0.717) is 81.2 Å². The first-order valence-electron chi connectivity index (χ1n) is 17.1. The van der Waals surface area contributed by atoms with Gasteiger partial charge in [-0.15, -0.1) is 0 Å². The summed E-state index contributed by atoms with van der Waals surface area (Å²) in [4.78, 5) is 15.8. The van der Waals surface area contributed by atoms with Gasteiger partial charge in [0.25, 0.3) is 0 Å². The van der Waals surface area contributed by atoms with Gasteiger partial charge in [0, 0.05) is 50.9 Å². The van der Waals surface area contributed by atoms with Crippen molar-refractivity contribution in [2.24, 2.45) is 5.92 Å². The smallest absolute Gasteiger partial charge is 0.220 e. The summed E-state index contributed by atoms with van der Waals surface area (Å²) in [6.07, 6.45) is 4.26. The van der Waals surface area contributed by atoms with E-state index in [0.717, 1.165) is 30.0 Å². The van der Waals surface area contributed by atoms with Gasteiger partial charge in [0.1, 0.15) is 23.0 Å². The van der Waals surface area contributed by atoms with E-state index in [1.165, 1.54) is 18.2 Å². The number of piperidine rings is 1. The second-order valence-electron chi connectivity index (χ2n) is 14.7. The van der Waals surface area contributed by atoms with Crippen LogP contribution in [0, 0.1) is 29.2 Å². The largest absolute Gasteiger partial charge is 0.484 e. The number of benzene rings is 3. The Bertz CT molecular complexity index is 1680. The van der Waals surface area contributed by atoms with Crippen LogP contribution in [0.5, 0.6) is 5.75 Å². The van der Waals surface area contributed by atoms with Gasteiger partial charge in [-0.1, -0.05) is 12.1 Å². The van der Waals surface area contributed by atoms with Crippen molar-refractivity contribution in [2.75, 3.05) is 43.1 Å². The lowest BCUT2D eigenvalue weighted by molar-refractivity contribution is -0.122. The molecule has 1 spiro atoms. The fourth-order valence-electron chi connectivity index (χ4n) is 8.38. The van der Waals surface area contributed by atoms with Crippen LogP contribution in [-0.2, 0) is 21.4 Å². The molecular formula is C38H43F4N3O3. The van der Waals surface area contributed by atoms with Gasteiger partial charge in [-0.2, -0.15) is 0 Å². The maximum atomic E-state index is 15.4. The zero-order chi connectivity index (χ0) is 33.6. The Morgan fingerprint density at radius 3 is 2.50 bits per heavy atom. The third-order valence-electron chi connectivity index (χ3n) is 10.9. The lowest BCUT2D eigenvalue weighted by Gasteiger charge is -2.42. The van der Waals surface area contributed by atoms with Gasteiger partial charge >= 0.3 is 0 Å². The van der Waals surface area contributed by atoms with Gasteiger partial charge in [0.15, 0.2) is 11.6 Å². The Balaban J connectivity index is 1.06. The highest BCUT2D eigenvalue weighted by atomic mass is 19.2. The molecular weight excluding hydrogens is 622 g/mol. The van der Waals surface area contributed by atoms with Crippen LogP contribution in [0.2, 0.25) is 0 Å². The summed E-state index contributed by atoms with van der Waals surface area (Å²) >= 11 is 0. The molecule has 0 saturated carbocycles. The highest BCUT2D eigenvalue weighted by Gasteiger charge is 2.46. The summed E-state index contributed by atoms with van der Waals surface area (Å²) in [7, 11) is 0. The first-order chi connectivity index (χ1) is 23.0. The van der Waals surface area contributed by atoms with Gasteiger partial charge in [-0.05, 0) is 111 Å². The van der Waals surface area contributed by atoms with E-state index in [4.69, 9.17) is 9.47 Å². The Labute approximate surface area is 279 Å². The Kier molecular flexibility index (Phi) is 8.81. The number of anilines is 2. The molecule has 2 saturated heterocycles. The SMILES string of the molecule is CC1(C)CNc2cc(F)c(N3CCC4(CC3)C[C@@H](CC(=O)N[C@H](Cc3ccc(F)c(F)c3)C3CCOCC3)c3ccc(F)cc34)cc2O1. The van der Waals surface area contributed by atoms with Crippen LogP contribution >= 0.6 is 0 Å². The number of rotatable bonds is 7. The molecule has 256 valence electrons. The average Bonchev–Trinajstić information content (AvgIpc) is 3.34. The molecule has 0 unspecified atom stereocenters. The van der Waals surface area contributed by atoms with E-state index in [2.05, 4.69) is 10.6 Å². The van der Waals surface area contributed by atoms with Crippen molar-refractivity contribution < 1.29 is 31.8 Å².